The van der Waals surface area contributed by atoms with Crippen LogP contribution < -0.4 is 5.32 Å². The summed E-state index contributed by atoms with van der Waals surface area (Å²) < 4.78 is 46.9. The van der Waals surface area contributed by atoms with E-state index < -0.39 is 12.2 Å². The van der Waals surface area contributed by atoms with E-state index in [1.165, 1.54) is 0 Å². The molecule has 2 aromatic heterocycles. The number of rotatable bonds is 2. The van der Waals surface area contributed by atoms with Crippen LogP contribution in [0.15, 0.2) is 10.5 Å². The molecule has 4 heterocycles. The fraction of sp³-hybridized carbons (Fsp3) is 0.611. The van der Waals surface area contributed by atoms with E-state index in [0.29, 0.717) is 36.1 Å². The number of likely N-dealkylation sites (tertiary alicyclic amines) is 1. The maximum absolute atomic E-state index is 13.5. The Bertz CT molecular complexity index is 904. The molecule has 0 unspecified atom stereocenters. The minimum absolute atomic E-state index is 0.0819. The summed E-state index contributed by atoms with van der Waals surface area (Å²) in [4.78, 5) is 18.7. The van der Waals surface area contributed by atoms with Gasteiger partial charge in [0.25, 0.3) is 5.91 Å². The van der Waals surface area contributed by atoms with Crippen LogP contribution in [0.4, 0.5) is 19.0 Å². The maximum Gasteiger partial charge on any atom is 0.410 e. The second kappa shape index (κ2) is 6.52. The number of aryl methyl sites for hydroxylation is 2. The molecule has 1 N–H and O–H groups in total. The van der Waals surface area contributed by atoms with Gasteiger partial charge in [0.1, 0.15) is 5.82 Å². The molecule has 0 bridgehead atoms. The van der Waals surface area contributed by atoms with Crippen molar-refractivity contribution in [3.05, 3.63) is 29.1 Å². The summed E-state index contributed by atoms with van der Waals surface area (Å²) in [5, 5.41) is 7.33. The molecule has 28 heavy (non-hydrogen) atoms. The second-order valence-electron chi connectivity index (χ2n) is 7.54. The van der Waals surface area contributed by atoms with E-state index >= 15 is 0 Å². The van der Waals surface area contributed by atoms with Crippen LogP contribution in [0.2, 0.25) is 0 Å². The number of oxazole rings is 1. The van der Waals surface area contributed by atoms with Gasteiger partial charge in [-0.25, -0.2) is 9.67 Å². The zero-order valence-electron chi connectivity index (χ0n) is 15.9. The molecule has 0 radical (unpaired) electrons. The van der Waals surface area contributed by atoms with Gasteiger partial charge in [-0.3, -0.25) is 4.79 Å². The van der Waals surface area contributed by atoms with E-state index in [0.717, 1.165) is 11.1 Å². The van der Waals surface area contributed by atoms with Gasteiger partial charge in [0.05, 0.1) is 17.4 Å². The number of carbonyl (C=O) groups excluding carboxylic acids is 1. The summed E-state index contributed by atoms with van der Waals surface area (Å²) >= 11 is 0. The zero-order valence-corrected chi connectivity index (χ0v) is 15.9. The molecule has 10 heteroatoms. The van der Waals surface area contributed by atoms with Crippen molar-refractivity contribution in [2.24, 2.45) is 0 Å². The van der Waals surface area contributed by atoms with E-state index in [1.54, 1.807) is 31.7 Å². The largest absolute Gasteiger partial charge is 0.436 e. The summed E-state index contributed by atoms with van der Waals surface area (Å²) in [6.45, 7) is 5.58. The molecule has 1 amide bonds. The monoisotopic (exact) mass is 397 g/mol. The van der Waals surface area contributed by atoms with Gasteiger partial charge in [0.2, 0.25) is 5.76 Å². The molecular formula is C18H22F3N5O2. The minimum Gasteiger partial charge on any atom is -0.436 e. The Morgan fingerprint density at radius 2 is 2.11 bits per heavy atom. The SMILES string of the molecule is Cc1nc(C)c(C(=O)N2CCC[C@H]2c2cc3n(n2)[C@@H](C(F)(F)F)C[C@@H](C)N3)o1. The van der Waals surface area contributed by atoms with E-state index in [2.05, 4.69) is 15.4 Å². The molecule has 2 aliphatic rings. The van der Waals surface area contributed by atoms with Crippen molar-refractivity contribution in [3.63, 3.8) is 0 Å². The Balaban J connectivity index is 1.66. The first-order chi connectivity index (χ1) is 13.1. The van der Waals surface area contributed by atoms with E-state index in [-0.39, 0.29) is 30.2 Å². The normalized spacial score (nSPS) is 24.9. The van der Waals surface area contributed by atoms with Crippen LogP contribution in [0, 0.1) is 13.8 Å². The number of carbonyl (C=O) groups is 1. The topological polar surface area (TPSA) is 76.2 Å². The summed E-state index contributed by atoms with van der Waals surface area (Å²) in [7, 11) is 0. The number of halogens is 3. The maximum atomic E-state index is 13.5. The van der Waals surface area contributed by atoms with Crippen molar-refractivity contribution in [2.75, 3.05) is 11.9 Å². The lowest BCUT2D eigenvalue weighted by Crippen LogP contribution is -2.38. The van der Waals surface area contributed by atoms with Crippen LogP contribution in [0.1, 0.15) is 66.1 Å². The highest BCUT2D eigenvalue weighted by atomic mass is 19.4. The van der Waals surface area contributed by atoms with Crippen LogP contribution in [0.5, 0.6) is 0 Å². The first-order valence-electron chi connectivity index (χ1n) is 9.33. The quantitative estimate of drug-likeness (QED) is 0.835. The molecule has 0 spiro atoms. The molecule has 0 aliphatic carbocycles. The van der Waals surface area contributed by atoms with Crippen LogP contribution in [0.3, 0.4) is 0 Å². The van der Waals surface area contributed by atoms with E-state index in [4.69, 9.17) is 4.42 Å². The average molecular weight is 397 g/mol. The van der Waals surface area contributed by atoms with Crippen LogP contribution in [-0.4, -0.2) is 44.3 Å². The standard InChI is InChI=1S/C18H22F3N5O2/c1-9-7-14(18(19,20)21)26-15(22-9)8-12(24-26)13-5-4-6-25(13)17(27)16-10(2)23-11(3)28-16/h8-9,13-14,22H,4-7H2,1-3H3/t9-,13+,14-/m1/s1. The van der Waals surface area contributed by atoms with Crippen molar-refractivity contribution in [3.8, 4) is 0 Å². The highest BCUT2D eigenvalue weighted by Crippen LogP contribution is 2.41. The third-order valence-electron chi connectivity index (χ3n) is 5.35. The van der Waals surface area contributed by atoms with Gasteiger partial charge in [0, 0.05) is 25.6 Å². The molecule has 0 aromatic carbocycles. The molecule has 7 nitrogen and oxygen atoms in total. The summed E-state index contributed by atoms with van der Waals surface area (Å²) in [6.07, 6.45) is -3.08. The number of aromatic nitrogens is 3. The Labute approximate surface area is 159 Å². The fourth-order valence-corrected chi connectivity index (χ4v) is 4.12. The number of fused-ring (bicyclic) bond motifs is 1. The number of alkyl halides is 3. The van der Waals surface area contributed by atoms with Crippen molar-refractivity contribution >= 4 is 11.7 Å². The second-order valence-corrected chi connectivity index (χ2v) is 7.54. The molecule has 152 valence electrons. The predicted molar refractivity (Wildman–Crippen MR) is 94.0 cm³/mol. The summed E-state index contributed by atoms with van der Waals surface area (Å²) in [6, 6.07) is -0.744. The molecule has 2 aliphatic heterocycles. The number of nitrogens with zero attached hydrogens (tertiary/aromatic N) is 4. The lowest BCUT2D eigenvalue weighted by molar-refractivity contribution is -0.173. The predicted octanol–water partition coefficient (Wildman–Crippen LogP) is 3.77. The lowest BCUT2D eigenvalue weighted by Gasteiger charge is -2.31. The van der Waals surface area contributed by atoms with E-state index in [1.807, 2.05) is 0 Å². The minimum atomic E-state index is -4.38. The van der Waals surface area contributed by atoms with Gasteiger partial charge in [0.15, 0.2) is 11.9 Å². The third-order valence-corrected chi connectivity index (χ3v) is 5.35. The number of hydrogen-bond donors (Lipinski definition) is 1. The fourth-order valence-electron chi connectivity index (χ4n) is 4.12. The van der Waals surface area contributed by atoms with Gasteiger partial charge in [-0.2, -0.15) is 18.3 Å². The first-order valence-corrected chi connectivity index (χ1v) is 9.33. The van der Waals surface area contributed by atoms with Crippen molar-refractivity contribution in [2.45, 2.75) is 64.3 Å². The van der Waals surface area contributed by atoms with Gasteiger partial charge in [-0.05, 0) is 33.1 Å². The average Bonchev–Trinajstić information content (AvgIpc) is 3.29. The number of amides is 1. The van der Waals surface area contributed by atoms with Crippen LogP contribution >= 0.6 is 0 Å². The highest BCUT2D eigenvalue weighted by molar-refractivity contribution is 5.93. The summed E-state index contributed by atoms with van der Waals surface area (Å²) in [5.74, 6) is 0.607. The zero-order chi connectivity index (χ0) is 20.2. The Kier molecular flexibility index (Phi) is 4.39. The Morgan fingerprint density at radius 1 is 1.36 bits per heavy atom. The smallest absolute Gasteiger partial charge is 0.410 e. The van der Waals surface area contributed by atoms with Crippen molar-refractivity contribution in [1.29, 1.82) is 0 Å². The molecule has 3 atom stereocenters. The Morgan fingerprint density at radius 3 is 2.75 bits per heavy atom. The van der Waals surface area contributed by atoms with Crippen molar-refractivity contribution < 1.29 is 22.4 Å². The number of anilines is 1. The van der Waals surface area contributed by atoms with Crippen LogP contribution in [-0.2, 0) is 0 Å². The highest BCUT2D eigenvalue weighted by Gasteiger charge is 2.46. The Hall–Kier alpha value is -2.52. The third kappa shape index (κ3) is 3.14. The molecule has 2 aromatic rings. The van der Waals surface area contributed by atoms with E-state index in [9.17, 15) is 18.0 Å². The van der Waals surface area contributed by atoms with Gasteiger partial charge >= 0.3 is 6.18 Å². The van der Waals surface area contributed by atoms with Gasteiger partial charge in [-0.1, -0.05) is 0 Å². The molecular weight excluding hydrogens is 375 g/mol. The molecule has 4 rings (SSSR count). The number of hydrogen-bond acceptors (Lipinski definition) is 5. The lowest BCUT2D eigenvalue weighted by atomic mass is 10.1. The molecule has 1 saturated heterocycles. The molecule has 0 saturated carbocycles. The number of nitrogens with one attached hydrogen (secondary N) is 1. The summed E-state index contributed by atoms with van der Waals surface area (Å²) in [5.41, 5.74) is 0.968. The van der Waals surface area contributed by atoms with Crippen molar-refractivity contribution in [1.82, 2.24) is 19.7 Å². The molecule has 1 fully saturated rings. The first kappa shape index (κ1) is 18.8. The van der Waals surface area contributed by atoms with Gasteiger partial charge in [-0.15, -0.1) is 0 Å². The van der Waals surface area contributed by atoms with Crippen LogP contribution in [0.25, 0.3) is 0 Å². The van der Waals surface area contributed by atoms with Gasteiger partial charge < -0.3 is 14.6 Å².